The van der Waals surface area contributed by atoms with E-state index in [2.05, 4.69) is 16.0 Å². The number of thiazole rings is 2. The Balaban J connectivity index is 1.65. The van der Waals surface area contributed by atoms with Gasteiger partial charge in [-0.2, -0.15) is 5.26 Å². The summed E-state index contributed by atoms with van der Waals surface area (Å²) >= 11 is 2.44. The normalized spacial score (nSPS) is 11.2. The highest BCUT2D eigenvalue weighted by molar-refractivity contribution is 7.14. The molecule has 0 saturated carbocycles. The summed E-state index contributed by atoms with van der Waals surface area (Å²) in [5.41, 5.74) is 2.35. The molecular formula is C23H14F2N4OS2. The lowest BCUT2D eigenvalue weighted by atomic mass is 10.2. The molecule has 0 atom stereocenters. The summed E-state index contributed by atoms with van der Waals surface area (Å²) in [7, 11) is 0. The standard InChI is InChI=1S/C23H14F2N4OS2/c1-14(30)29(21-8-7-17(24)10-19(21)25)23-27-18(12-32-23)9-16(11-26)22-28-20(13-31-22)15-5-3-2-4-6-15/h2-10,12-13H,1H3/b16-9+. The molecule has 0 bridgehead atoms. The average Bonchev–Trinajstić information content (AvgIpc) is 3.44. The van der Waals surface area contributed by atoms with Gasteiger partial charge in [0, 0.05) is 29.3 Å². The molecule has 158 valence electrons. The maximum atomic E-state index is 14.3. The highest BCUT2D eigenvalue weighted by Crippen LogP contribution is 2.33. The van der Waals surface area contributed by atoms with E-state index in [1.165, 1.54) is 24.3 Å². The van der Waals surface area contributed by atoms with Gasteiger partial charge in [0.1, 0.15) is 22.7 Å². The molecule has 2 aromatic carbocycles. The van der Waals surface area contributed by atoms with Gasteiger partial charge in [0.15, 0.2) is 5.13 Å². The summed E-state index contributed by atoms with van der Waals surface area (Å²) in [5, 5.41) is 13.9. The maximum Gasteiger partial charge on any atom is 0.230 e. The Kier molecular flexibility index (Phi) is 6.16. The number of carbonyl (C=O) groups excluding carboxylic acids is 1. The molecule has 0 fully saturated rings. The van der Waals surface area contributed by atoms with Crippen molar-refractivity contribution in [3.05, 3.63) is 81.6 Å². The van der Waals surface area contributed by atoms with E-state index in [-0.39, 0.29) is 10.8 Å². The van der Waals surface area contributed by atoms with Crippen molar-refractivity contribution in [3.63, 3.8) is 0 Å². The van der Waals surface area contributed by atoms with Gasteiger partial charge in [-0.3, -0.25) is 9.69 Å². The molecule has 32 heavy (non-hydrogen) atoms. The maximum absolute atomic E-state index is 14.3. The number of nitriles is 1. The molecule has 5 nitrogen and oxygen atoms in total. The molecule has 0 spiro atoms. The van der Waals surface area contributed by atoms with Crippen molar-refractivity contribution >= 4 is 51.0 Å². The first kappa shape index (κ1) is 21.5. The Hall–Kier alpha value is -3.74. The number of anilines is 2. The summed E-state index contributed by atoms with van der Waals surface area (Å²) in [4.78, 5) is 22.2. The van der Waals surface area contributed by atoms with Gasteiger partial charge in [-0.25, -0.2) is 18.7 Å². The third-order valence-electron chi connectivity index (χ3n) is 4.38. The molecule has 9 heteroatoms. The van der Waals surface area contributed by atoms with Crippen molar-refractivity contribution in [2.75, 3.05) is 4.90 Å². The summed E-state index contributed by atoms with van der Waals surface area (Å²) in [5.74, 6) is -2.09. The summed E-state index contributed by atoms with van der Waals surface area (Å²) in [6.45, 7) is 1.26. The minimum absolute atomic E-state index is 0.100. The van der Waals surface area contributed by atoms with Crippen molar-refractivity contribution < 1.29 is 13.6 Å². The zero-order chi connectivity index (χ0) is 22.7. The number of rotatable bonds is 5. The van der Waals surface area contributed by atoms with Gasteiger partial charge in [-0.15, -0.1) is 22.7 Å². The van der Waals surface area contributed by atoms with E-state index in [0.29, 0.717) is 22.3 Å². The number of aromatic nitrogens is 2. The molecule has 0 aliphatic carbocycles. The van der Waals surface area contributed by atoms with Crippen molar-refractivity contribution in [3.8, 4) is 17.3 Å². The number of allylic oxidation sites excluding steroid dienone is 1. The molecule has 1 amide bonds. The van der Waals surface area contributed by atoms with Crippen LogP contribution in [0, 0.1) is 23.0 Å². The van der Waals surface area contributed by atoms with Gasteiger partial charge in [-0.1, -0.05) is 30.3 Å². The Bertz CT molecular complexity index is 1360. The van der Waals surface area contributed by atoms with Crippen LogP contribution in [0.3, 0.4) is 0 Å². The number of benzene rings is 2. The second kappa shape index (κ2) is 9.18. The fraction of sp³-hybridized carbons (Fsp3) is 0.0435. The van der Waals surface area contributed by atoms with E-state index in [1.807, 2.05) is 35.7 Å². The smallest absolute Gasteiger partial charge is 0.230 e. The van der Waals surface area contributed by atoms with Crippen LogP contribution < -0.4 is 4.90 Å². The minimum Gasteiger partial charge on any atom is -0.274 e. The van der Waals surface area contributed by atoms with Gasteiger partial charge in [-0.05, 0) is 18.2 Å². The number of hydrogen-bond donors (Lipinski definition) is 0. The predicted octanol–water partition coefficient (Wildman–Crippen LogP) is 6.29. The van der Waals surface area contributed by atoms with Crippen molar-refractivity contribution in [2.45, 2.75) is 6.92 Å². The summed E-state index contributed by atoms with van der Waals surface area (Å²) in [6, 6.07) is 14.7. The van der Waals surface area contributed by atoms with E-state index >= 15 is 0 Å². The first-order chi connectivity index (χ1) is 15.5. The van der Waals surface area contributed by atoms with E-state index in [1.54, 1.807) is 11.5 Å². The van der Waals surface area contributed by atoms with Crippen LogP contribution in [0.5, 0.6) is 0 Å². The Morgan fingerprint density at radius 2 is 1.88 bits per heavy atom. The van der Waals surface area contributed by atoms with Crippen LogP contribution in [0.1, 0.15) is 17.6 Å². The lowest BCUT2D eigenvalue weighted by Crippen LogP contribution is -2.23. The summed E-state index contributed by atoms with van der Waals surface area (Å²) < 4.78 is 27.5. The van der Waals surface area contributed by atoms with Crippen molar-refractivity contribution in [1.82, 2.24) is 9.97 Å². The molecule has 0 saturated heterocycles. The van der Waals surface area contributed by atoms with Gasteiger partial charge in [0.25, 0.3) is 0 Å². The number of halogens is 2. The van der Waals surface area contributed by atoms with E-state index in [0.717, 1.165) is 33.6 Å². The number of carbonyl (C=O) groups is 1. The molecule has 2 aromatic heterocycles. The topological polar surface area (TPSA) is 69.9 Å². The molecule has 0 N–H and O–H groups in total. The van der Waals surface area contributed by atoms with E-state index < -0.39 is 17.5 Å². The van der Waals surface area contributed by atoms with Gasteiger partial charge >= 0.3 is 0 Å². The van der Waals surface area contributed by atoms with E-state index in [9.17, 15) is 18.8 Å². The molecule has 0 unspecified atom stereocenters. The van der Waals surface area contributed by atoms with Gasteiger partial charge in [0.05, 0.1) is 22.6 Å². The Labute approximate surface area is 190 Å². The molecule has 0 aliphatic rings. The highest BCUT2D eigenvalue weighted by Gasteiger charge is 2.21. The number of hydrogen-bond acceptors (Lipinski definition) is 6. The molecular weight excluding hydrogens is 450 g/mol. The first-order valence-electron chi connectivity index (χ1n) is 9.30. The quantitative estimate of drug-likeness (QED) is 0.325. The number of amides is 1. The van der Waals surface area contributed by atoms with Crippen LogP contribution in [0.25, 0.3) is 22.9 Å². The zero-order valence-electron chi connectivity index (χ0n) is 16.6. The molecule has 0 radical (unpaired) electrons. The fourth-order valence-electron chi connectivity index (χ4n) is 2.94. The first-order valence-corrected chi connectivity index (χ1v) is 11.1. The third-order valence-corrected chi connectivity index (χ3v) is 6.10. The summed E-state index contributed by atoms with van der Waals surface area (Å²) in [6.07, 6.45) is 1.56. The largest absolute Gasteiger partial charge is 0.274 e. The molecule has 4 aromatic rings. The van der Waals surface area contributed by atoms with Crippen LogP contribution in [-0.2, 0) is 4.79 Å². The predicted molar refractivity (Wildman–Crippen MR) is 122 cm³/mol. The van der Waals surface area contributed by atoms with Crippen LogP contribution in [0.15, 0.2) is 59.3 Å². The minimum atomic E-state index is -0.874. The highest BCUT2D eigenvalue weighted by atomic mass is 32.1. The molecule has 4 rings (SSSR count). The molecule has 0 aliphatic heterocycles. The van der Waals surface area contributed by atoms with Gasteiger partial charge in [0.2, 0.25) is 5.91 Å². The van der Waals surface area contributed by atoms with Crippen LogP contribution in [0.4, 0.5) is 19.6 Å². The van der Waals surface area contributed by atoms with Crippen LogP contribution >= 0.6 is 22.7 Å². The lowest BCUT2D eigenvalue weighted by Gasteiger charge is -2.18. The SMILES string of the molecule is CC(=O)N(c1nc(/C=C(\C#N)c2nc(-c3ccccc3)cs2)cs1)c1ccc(F)cc1F. The van der Waals surface area contributed by atoms with Crippen LogP contribution in [-0.4, -0.2) is 15.9 Å². The van der Waals surface area contributed by atoms with Crippen LogP contribution in [0.2, 0.25) is 0 Å². The molecule has 2 heterocycles. The third kappa shape index (κ3) is 4.46. The lowest BCUT2D eigenvalue weighted by molar-refractivity contribution is -0.115. The monoisotopic (exact) mass is 464 g/mol. The van der Waals surface area contributed by atoms with Crippen molar-refractivity contribution in [2.24, 2.45) is 0 Å². The second-order valence-corrected chi connectivity index (χ2v) is 8.27. The Morgan fingerprint density at radius 3 is 2.56 bits per heavy atom. The Morgan fingerprint density at radius 1 is 1.09 bits per heavy atom. The second-order valence-electron chi connectivity index (χ2n) is 6.58. The number of nitrogens with zero attached hydrogens (tertiary/aromatic N) is 4. The zero-order valence-corrected chi connectivity index (χ0v) is 18.3. The van der Waals surface area contributed by atoms with Crippen molar-refractivity contribution in [1.29, 1.82) is 5.26 Å². The fourth-order valence-corrected chi connectivity index (χ4v) is 4.58. The van der Waals surface area contributed by atoms with Gasteiger partial charge < -0.3 is 0 Å². The van der Waals surface area contributed by atoms with E-state index in [4.69, 9.17) is 0 Å². The average molecular weight is 465 g/mol.